The fourth-order valence-electron chi connectivity index (χ4n) is 3.27. The van der Waals surface area contributed by atoms with Gasteiger partial charge < -0.3 is 22.0 Å². The predicted octanol–water partition coefficient (Wildman–Crippen LogP) is -4.14. The van der Waals surface area contributed by atoms with E-state index in [4.69, 9.17) is 4.74 Å². The van der Waals surface area contributed by atoms with Gasteiger partial charge in [0.05, 0.1) is 38.1 Å². The summed E-state index contributed by atoms with van der Waals surface area (Å²) in [6.45, 7) is 4.95. The van der Waals surface area contributed by atoms with E-state index in [1.807, 2.05) is 12.2 Å². The largest absolute Gasteiger partial charge is 1.00 e. The van der Waals surface area contributed by atoms with Gasteiger partial charge in [0.1, 0.15) is 13.1 Å². The number of hydrogen-bond donors (Lipinski definition) is 1. The first-order chi connectivity index (χ1) is 9.27. The number of halogens is 1. The minimum atomic E-state index is -0.0859. The number of fused-ring (bicyclic) bond motifs is 1. The molecular weight excluding hydrogens is 280 g/mol. The SMILES string of the molecule is O=C1C2CC=CCC2C(=O)N1CC[NH+]1CCOCC1.[Cl-]. The molecule has 20 heavy (non-hydrogen) atoms. The number of amides is 2. The van der Waals surface area contributed by atoms with Gasteiger partial charge in [-0.15, -0.1) is 0 Å². The van der Waals surface area contributed by atoms with E-state index in [9.17, 15) is 9.59 Å². The lowest BCUT2D eigenvalue weighted by Crippen LogP contribution is -3.14. The highest BCUT2D eigenvalue weighted by Gasteiger charge is 2.47. The van der Waals surface area contributed by atoms with Crippen molar-refractivity contribution in [2.45, 2.75) is 12.8 Å². The summed E-state index contributed by atoms with van der Waals surface area (Å²) in [5.41, 5.74) is 0. The monoisotopic (exact) mass is 300 g/mol. The zero-order valence-electron chi connectivity index (χ0n) is 11.5. The average molecular weight is 301 g/mol. The maximum atomic E-state index is 12.3. The van der Waals surface area contributed by atoms with E-state index < -0.39 is 0 Å². The van der Waals surface area contributed by atoms with Crippen molar-refractivity contribution in [3.05, 3.63) is 12.2 Å². The molecule has 2 atom stereocenters. The number of imide groups is 1. The fourth-order valence-corrected chi connectivity index (χ4v) is 3.27. The molecule has 0 bridgehead atoms. The van der Waals surface area contributed by atoms with Crippen molar-refractivity contribution in [2.24, 2.45) is 11.8 Å². The molecule has 3 aliphatic rings. The molecule has 2 unspecified atom stereocenters. The van der Waals surface area contributed by atoms with Gasteiger partial charge in [0.15, 0.2) is 0 Å². The van der Waals surface area contributed by atoms with Crippen LogP contribution in [0.3, 0.4) is 0 Å². The Balaban J connectivity index is 0.00000147. The molecule has 2 aliphatic heterocycles. The number of nitrogens with zero attached hydrogens (tertiary/aromatic N) is 1. The Kier molecular flexibility index (Phi) is 5.18. The minimum Gasteiger partial charge on any atom is -1.00 e. The first-order valence-corrected chi connectivity index (χ1v) is 7.19. The topological polar surface area (TPSA) is 51.0 Å². The summed E-state index contributed by atoms with van der Waals surface area (Å²) >= 11 is 0. The molecule has 0 aromatic carbocycles. The van der Waals surface area contributed by atoms with Crippen molar-refractivity contribution < 1.29 is 31.6 Å². The van der Waals surface area contributed by atoms with Gasteiger partial charge in [-0.25, -0.2) is 0 Å². The van der Waals surface area contributed by atoms with Crippen LogP contribution in [-0.2, 0) is 14.3 Å². The number of allylic oxidation sites excluding steroid dienone is 2. The molecule has 6 heteroatoms. The first kappa shape index (κ1) is 15.5. The number of carbonyl (C=O) groups excluding carboxylic acids is 2. The summed E-state index contributed by atoms with van der Waals surface area (Å²) in [7, 11) is 0. The van der Waals surface area contributed by atoms with Crippen LogP contribution in [0, 0.1) is 11.8 Å². The molecule has 2 fully saturated rings. The Morgan fingerprint density at radius 2 is 1.65 bits per heavy atom. The van der Waals surface area contributed by atoms with Gasteiger partial charge in [0, 0.05) is 0 Å². The van der Waals surface area contributed by atoms with E-state index in [1.54, 1.807) is 0 Å². The van der Waals surface area contributed by atoms with E-state index >= 15 is 0 Å². The number of quaternary nitrogens is 1. The molecule has 0 aromatic rings. The number of ether oxygens (including phenoxy) is 1. The van der Waals surface area contributed by atoms with Crippen LogP contribution in [0.25, 0.3) is 0 Å². The van der Waals surface area contributed by atoms with Crippen LogP contribution in [0.1, 0.15) is 12.8 Å². The van der Waals surface area contributed by atoms with Crippen molar-refractivity contribution in [1.29, 1.82) is 0 Å². The first-order valence-electron chi connectivity index (χ1n) is 7.19. The molecule has 0 aromatic heterocycles. The Labute approximate surface area is 125 Å². The van der Waals surface area contributed by atoms with Crippen LogP contribution >= 0.6 is 0 Å². The third-order valence-electron chi connectivity index (χ3n) is 4.49. The van der Waals surface area contributed by atoms with Crippen LogP contribution in [0.5, 0.6) is 0 Å². The van der Waals surface area contributed by atoms with Crippen LogP contribution < -0.4 is 17.3 Å². The zero-order valence-corrected chi connectivity index (χ0v) is 12.3. The van der Waals surface area contributed by atoms with Crippen molar-refractivity contribution in [2.75, 3.05) is 39.4 Å². The van der Waals surface area contributed by atoms with Gasteiger partial charge in [0.2, 0.25) is 11.8 Å². The lowest BCUT2D eigenvalue weighted by Gasteiger charge is -2.25. The number of nitrogens with one attached hydrogen (secondary N) is 1. The van der Waals surface area contributed by atoms with E-state index in [1.165, 1.54) is 9.80 Å². The molecule has 2 heterocycles. The molecule has 3 rings (SSSR count). The summed E-state index contributed by atoms with van der Waals surface area (Å²) in [5, 5.41) is 0. The van der Waals surface area contributed by atoms with Gasteiger partial charge in [-0.1, -0.05) is 12.2 Å². The van der Waals surface area contributed by atoms with Crippen molar-refractivity contribution in [1.82, 2.24) is 4.90 Å². The van der Waals surface area contributed by atoms with Gasteiger partial charge in [-0.05, 0) is 12.8 Å². The smallest absolute Gasteiger partial charge is 0.233 e. The molecule has 0 saturated carbocycles. The lowest BCUT2D eigenvalue weighted by molar-refractivity contribution is -0.907. The molecule has 112 valence electrons. The zero-order chi connectivity index (χ0) is 13.2. The molecule has 0 radical (unpaired) electrons. The Morgan fingerprint density at radius 1 is 1.10 bits per heavy atom. The molecule has 2 saturated heterocycles. The summed E-state index contributed by atoms with van der Waals surface area (Å²) in [5.74, 6) is -0.0756. The van der Waals surface area contributed by atoms with Crippen LogP contribution in [0.4, 0.5) is 0 Å². The average Bonchev–Trinajstić information content (AvgIpc) is 2.71. The standard InChI is InChI=1S/C14H20N2O3.ClH/c17-13-11-3-1-2-4-12(11)14(18)16(13)6-5-15-7-9-19-10-8-15;/h1-2,11-12H,3-10H2;1H. The summed E-state index contributed by atoms with van der Waals surface area (Å²) in [4.78, 5) is 27.5. The third kappa shape index (κ3) is 2.90. The maximum absolute atomic E-state index is 12.3. The molecule has 0 spiro atoms. The van der Waals surface area contributed by atoms with Crippen molar-refractivity contribution in [3.8, 4) is 0 Å². The second-order valence-electron chi connectivity index (χ2n) is 5.60. The van der Waals surface area contributed by atoms with E-state index in [0.717, 1.165) is 45.7 Å². The van der Waals surface area contributed by atoms with Crippen molar-refractivity contribution >= 4 is 11.8 Å². The van der Waals surface area contributed by atoms with Crippen LogP contribution in [-0.4, -0.2) is 56.1 Å². The third-order valence-corrected chi connectivity index (χ3v) is 4.49. The molecule has 5 nitrogen and oxygen atoms in total. The Bertz CT molecular complexity index is 381. The predicted molar refractivity (Wildman–Crippen MR) is 68.5 cm³/mol. The Hall–Kier alpha value is -0.910. The second-order valence-corrected chi connectivity index (χ2v) is 5.60. The molecular formula is C14H21ClN2O3. The normalized spacial score (nSPS) is 30.3. The van der Waals surface area contributed by atoms with Gasteiger partial charge in [-0.3, -0.25) is 14.5 Å². The highest BCUT2D eigenvalue weighted by atomic mass is 35.5. The quantitative estimate of drug-likeness (QED) is 0.425. The van der Waals surface area contributed by atoms with E-state index in [0.29, 0.717) is 6.54 Å². The number of morpholine rings is 1. The highest BCUT2D eigenvalue weighted by molar-refractivity contribution is 6.05. The number of hydrogen-bond acceptors (Lipinski definition) is 3. The summed E-state index contributed by atoms with van der Waals surface area (Å²) < 4.78 is 5.31. The molecule has 1 N–H and O–H groups in total. The van der Waals surface area contributed by atoms with Gasteiger partial charge in [-0.2, -0.15) is 0 Å². The highest BCUT2D eigenvalue weighted by Crippen LogP contribution is 2.34. The fraction of sp³-hybridized carbons (Fsp3) is 0.714. The van der Waals surface area contributed by atoms with Crippen molar-refractivity contribution in [3.63, 3.8) is 0 Å². The van der Waals surface area contributed by atoms with Crippen LogP contribution in [0.2, 0.25) is 0 Å². The number of likely N-dealkylation sites (tertiary alicyclic amines) is 1. The molecule has 1 aliphatic carbocycles. The van der Waals surface area contributed by atoms with Crippen LogP contribution in [0.15, 0.2) is 12.2 Å². The van der Waals surface area contributed by atoms with E-state index in [2.05, 4.69) is 0 Å². The maximum Gasteiger partial charge on any atom is 0.233 e. The summed E-state index contributed by atoms with van der Waals surface area (Å²) in [6, 6.07) is 0. The number of carbonyl (C=O) groups is 2. The lowest BCUT2D eigenvalue weighted by atomic mass is 9.85. The molecule has 2 amide bonds. The Morgan fingerprint density at radius 3 is 2.20 bits per heavy atom. The minimum absolute atomic E-state index is 0. The second kappa shape index (κ2) is 6.70. The van der Waals surface area contributed by atoms with E-state index in [-0.39, 0.29) is 36.1 Å². The summed E-state index contributed by atoms with van der Waals surface area (Å²) in [6.07, 6.45) is 5.53. The number of rotatable bonds is 3. The van der Waals surface area contributed by atoms with Gasteiger partial charge >= 0.3 is 0 Å². The van der Waals surface area contributed by atoms with Gasteiger partial charge in [0.25, 0.3) is 0 Å².